The molecule has 1 N–H and O–H groups in total. The summed E-state index contributed by atoms with van der Waals surface area (Å²) in [6.45, 7) is 22.6. The highest BCUT2D eigenvalue weighted by atomic mass is 16.2. The van der Waals surface area contributed by atoms with E-state index in [1.54, 1.807) is 0 Å². The molecule has 0 radical (unpaired) electrons. The molecule has 0 aliphatic heterocycles. The van der Waals surface area contributed by atoms with Gasteiger partial charge in [-0.25, -0.2) is 0 Å². The third-order valence-electron chi connectivity index (χ3n) is 8.75. The van der Waals surface area contributed by atoms with Gasteiger partial charge in [-0.15, -0.1) is 0 Å². The molecule has 0 spiro atoms. The Labute approximate surface area is 287 Å². The van der Waals surface area contributed by atoms with Gasteiger partial charge in [-0.2, -0.15) is 0 Å². The first kappa shape index (κ1) is 43.6. The Balaban J connectivity index is 4.21. The second-order valence-corrected chi connectivity index (χ2v) is 14.2. The first-order chi connectivity index (χ1) is 21.9. The van der Waals surface area contributed by atoms with E-state index in [1.165, 1.54) is 95.1 Å². The van der Waals surface area contributed by atoms with Gasteiger partial charge < -0.3 is 5.11 Å². The zero-order valence-electron chi connectivity index (χ0n) is 32.2. The average Bonchev–Trinajstić information content (AvgIpc) is 2.97. The fourth-order valence-electron chi connectivity index (χ4n) is 5.38. The van der Waals surface area contributed by atoms with Crippen LogP contribution in [0.25, 0.3) is 0 Å². The minimum absolute atomic E-state index is 0.150. The smallest absolute Gasteiger partial charge is 0.0614 e. The minimum Gasteiger partial charge on any atom is -0.392 e. The molecule has 0 saturated heterocycles. The van der Waals surface area contributed by atoms with Crippen LogP contribution in [0.3, 0.4) is 0 Å². The molecule has 1 heteroatoms. The van der Waals surface area contributed by atoms with Crippen molar-refractivity contribution in [1.29, 1.82) is 0 Å². The third kappa shape index (κ3) is 29.1. The van der Waals surface area contributed by atoms with E-state index < -0.39 is 0 Å². The third-order valence-corrected chi connectivity index (χ3v) is 8.75. The van der Waals surface area contributed by atoms with Crippen molar-refractivity contribution in [3.05, 3.63) is 105 Å². The van der Waals surface area contributed by atoms with Crippen LogP contribution in [0.1, 0.15) is 172 Å². The van der Waals surface area contributed by atoms with Crippen LogP contribution in [0.2, 0.25) is 0 Å². The Kier molecular flexibility index (Phi) is 27.3. The number of hydrogen-bond acceptors (Lipinski definition) is 1. The van der Waals surface area contributed by atoms with Crippen molar-refractivity contribution in [3.63, 3.8) is 0 Å². The monoisotopic (exact) mass is 631 g/mol. The maximum atomic E-state index is 8.96. The molecule has 46 heavy (non-hydrogen) atoms. The summed E-state index contributed by atoms with van der Waals surface area (Å²) < 4.78 is 0. The lowest BCUT2D eigenvalue weighted by atomic mass is 10.0. The maximum Gasteiger partial charge on any atom is 0.0614 e. The van der Waals surface area contributed by atoms with Gasteiger partial charge in [0, 0.05) is 0 Å². The summed E-state index contributed by atoms with van der Waals surface area (Å²) in [4.78, 5) is 0. The molecule has 0 rings (SSSR count). The summed E-state index contributed by atoms with van der Waals surface area (Å²) in [5, 5.41) is 8.96. The summed E-state index contributed by atoms with van der Waals surface area (Å²) in [6.07, 6.45) is 39.7. The van der Waals surface area contributed by atoms with Gasteiger partial charge in [0.25, 0.3) is 0 Å². The van der Waals surface area contributed by atoms with Crippen molar-refractivity contribution in [2.24, 2.45) is 0 Å². The SMILES string of the molecule is CC(C)=CCCC(C)=CCCC(C)=CCCC(C)=CCCC(C)=CCCC(C)=CCCC(C)=CCCC(C)=CCCC(C)=CCO. The van der Waals surface area contributed by atoms with Crippen molar-refractivity contribution in [3.8, 4) is 0 Å². The van der Waals surface area contributed by atoms with Crippen molar-refractivity contribution >= 4 is 0 Å². The zero-order chi connectivity index (χ0) is 34.6. The van der Waals surface area contributed by atoms with Crippen LogP contribution in [0.5, 0.6) is 0 Å². The number of allylic oxidation sites excluding steroid dienone is 17. The molecule has 1 nitrogen and oxygen atoms in total. The summed E-state index contributed by atoms with van der Waals surface area (Å²) >= 11 is 0. The van der Waals surface area contributed by atoms with E-state index in [9.17, 15) is 0 Å². The molecule has 0 bridgehead atoms. The highest BCUT2D eigenvalue weighted by Gasteiger charge is 1.97. The van der Waals surface area contributed by atoms with Gasteiger partial charge in [-0.1, -0.05) is 105 Å². The molecule has 0 amide bonds. The first-order valence-electron chi connectivity index (χ1n) is 18.4. The Morgan fingerprint density at radius 2 is 0.457 bits per heavy atom. The number of aliphatic hydroxyl groups excluding tert-OH is 1. The van der Waals surface area contributed by atoms with E-state index in [-0.39, 0.29) is 6.61 Å². The molecule has 0 aliphatic rings. The zero-order valence-corrected chi connectivity index (χ0v) is 32.2. The number of rotatable bonds is 25. The lowest BCUT2D eigenvalue weighted by Gasteiger charge is -2.04. The highest BCUT2D eigenvalue weighted by Crippen LogP contribution is 2.17. The predicted octanol–water partition coefficient (Wildman–Crippen LogP) is 14.8. The van der Waals surface area contributed by atoms with Gasteiger partial charge >= 0.3 is 0 Å². The molecule has 0 heterocycles. The lowest BCUT2D eigenvalue weighted by Crippen LogP contribution is -1.84. The maximum absolute atomic E-state index is 8.96. The normalized spacial score (nSPS) is 14.8. The average molecular weight is 631 g/mol. The lowest BCUT2D eigenvalue weighted by molar-refractivity contribution is 0.341. The molecule has 0 aromatic heterocycles. The van der Waals surface area contributed by atoms with E-state index in [4.69, 9.17) is 5.11 Å². The Morgan fingerprint density at radius 1 is 0.283 bits per heavy atom. The minimum atomic E-state index is 0.150. The van der Waals surface area contributed by atoms with Crippen LogP contribution in [0, 0.1) is 0 Å². The van der Waals surface area contributed by atoms with Gasteiger partial charge in [0.15, 0.2) is 0 Å². The molecule has 0 aliphatic carbocycles. The summed E-state index contributed by atoms with van der Waals surface area (Å²) in [5.41, 5.74) is 13.3. The van der Waals surface area contributed by atoms with E-state index in [0.717, 1.165) is 57.8 Å². The van der Waals surface area contributed by atoms with Crippen LogP contribution in [-0.2, 0) is 0 Å². The van der Waals surface area contributed by atoms with E-state index >= 15 is 0 Å². The number of hydrogen-bond donors (Lipinski definition) is 1. The molecule has 0 unspecified atom stereocenters. The van der Waals surface area contributed by atoms with Crippen molar-refractivity contribution < 1.29 is 5.11 Å². The van der Waals surface area contributed by atoms with Crippen LogP contribution < -0.4 is 0 Å². The topological polar surface area (TPSA) is 20.2 Å². The van der Waals surface area contributed by atoms with Gasteiger partial charge in [-0.05, 0) is 172 Å². The van der Waals surface area contributed by atoms with E-state index in [2.05, 4.69) is 118 Å². The Hall–Kier alpha value is -2.38. The predicted molar refractivity (Wildman–Crippen MR) is 210 cm³/mol. The fourth-order valence-corrected chi connectivity index (χ4v) is 5.38. The van der Waals surface area contributed by atoms with Gasteiger partial charge in [0.05, 0.1) is 6.61 Å². The standard InChI is InChI=1S/C45H74O/c1-37(2)19-11-20-38(3)21-12-22-39(4)23-13-24-40(5)25-14-26-41(6)27-15-28-42(7)29-16-30-43(8)31-17-32-44(9)33-18-34-45(10)35-36-46/h19,21,23,25,27,29,31,33,35,46H,11-18,20,22,24,26,28,30,32,34,36H2,1-10H3. The van der Waals surface area contributed by atoms with Crippen molar-refractivity contribution in [2.75, 3.05) is 6.61 Å². The van der Waals surface area contributed by atoms with Crippen molar-refractivity contribution in [1.82, 2.24) is 0 Å². The quantitative estimate of drug-likeness (QED) is 0.0995. The molecular weight excluding hydrogens is 556 g/mol. The van der Waals surface area contributed by atoms with Crippen LogP contribution >= 0.6 is 0 Å². The van der Waals surface area contributed by atoms with Crippen molar-refractivity contribution in [2.45, 2.75) is 172 Å². The molecule has 260 valence electrons. The van der Waals surface area contributed by atoms with Gasteiger partial charge in [0.2, 0.25) is 0 Å². The molecule has 0 atom stereocenters. The van der Waals surface area contributed by atoms with Crippen LogP contribution in [0.15, 0.2) is 105 Å². The molecule has 0 aromatic rings. The summed E-state index contributed by atoms with van der Waals surface area (Å²) in [6, 6.07) is 0. The molecule has 0 aromatic carbocycles. The van der Waals surface area contributed by atoms with Gasteiger partial charge in [-0.3, -0.25) is 0 Å². The largest absolute Gasteiger partial charge is 0.392 e. The summed E-state index contributed by atoms with van der Waals surface area (Å²) in [7, 11) is 0. The Bertz CT molecular complexity index is 1100. The summed E-state index contributed by atoms with van der Waals surface area (Å²) in [5.74, 6) is 0. The first-order valence-corrected chi connectivity index (χ1v) is 18.4. The Morgan fingerprint density at radius 3 is 0.630 bits per heavy atom. The molecule has 0 saturated carbocycles. The second-order valence-electron chi connectivity index (χ2n) is 14.2. The van der Waals surface area contributed by atoms with Gasteiger partial charge in [0.1, 0.15) is 0 Å². The van der Waals surface area contributed by atoms with Crippen LogP contribution in [-0.4, -0.2) is 11.7 Å². The second kappa shape index (κ2) is 28.8. The van der Waals surface area contributed by atoms with Crippen LogP contribution in [0.4, 0.5) is 0 Å². The fraction of sp³-hybridized carbons (Fsp3) is 0.600. The van der Waals surface area contributed by atoms with E-state index in [1.807, 2.05) is 6.08 Å². The molecule has 0 fully saturated rings. The highest BCUT2D eigenvalue weighted by molar-refractivity contribution is 5.10. The number of aliphatic hydroxyl groups is 1. The van der Waals surface area contributed by atoms with E-state index in [0.29, 0.717) is 0 Å². The molecular formula is C45H74O.